The minimum atomic E-state index is -3.66. The summed E-state index contributed by atoms with van der Waals surface area (Å²) in [5.74, 6) is -0.375. The molecule has 0 aliphatic rings. The van der Waals surface area contributed by atoms with Crippen LogP contribution in [0, 0.1) is 0 Å². The molecule has 5 nitrogen and oxygen atoms in total. The highest BCUT2D eigenvalue weighted by Crippen LogP contribution is 2.27. The van der Waals surface area contributed by atoms with Gasteiger partial charge in [0.2, 0.25) is 5.91 Å². The van der Waals surface area contributed by atoms with E-state index in [4.69, 9.17) is 0 Å². The van der Waals surface area contributed by atoms with Crippen LogP contribution in [0.3, 0.4) is 0 Å². The fourth-order valence-electron chi connectivity index (χ4n) is 1.95. The Hall–Kier alpha value is -1.22. The van der Waals surface area contributed by atoms with E-state index >= 15 is 0 Å². The predicted octanol–water partition coefficient (Wildman–Crippen LogP) is 3.33. The van der Waals surface area contributed by atoms with Crippen LogP contribution in [0.1, 0.15) is 12.5 Å². The number of nitrogens with zero attached hydrogens (tertiary/aromatic N) is 1. The second-order valence-corrected chi connectivity index (χ2v) is 9.66. The minimum Gasteiger partial charge on any atom is -0.325 e. The molecule has 0 unspecified atom stereocenters. The van der Waals surface area contributed by atoms with Gasteiger partial charge >= 0.3 is 0 Å². The molecule has 0 radical (unpaired) electrons. The number of thiophene rings is 1. The zero-order valence-electron chi connectivity index (χ0n) is 12.7. The Morgan fingerprint density at radius 1 is 1.30 bits per heavy atom. The number of benzene rings is 1. The second-order valence-electron chi connectivity index (χ2n) is 4.92. The smallest absolute Gasteiger partial charge is 0.252 e. The van der Waals surface area contributed by atoms with Crippen LogP contribution in [0.15, 0.2) is 44.4 Å². The SMILES string of the molecule is CCc1cccc(NC(=O)CN(C)S(=O)(=O)c2ccc(Br)s2)c1. The third kappa shape index (κ3) is 4.63. The van der Waals surface area contributed by atoms with E-state index in [1.807, 2.05) is 25.1 Å². The molecule has 0 spiro atoms. The van der Waals surface area contributed by atoms with Gasteiger partial charge in [-0.3, -0.25) is 4.79 Å². The molecule has 1 heterocycles. The van der Waals surface area contributed by atoms with Crippen molar-refractivity contribution in [3.63, 3.8) is 0 Å². The van der Waals surface area contributed by atoms with Crippen molar-refractivity contribution in [2.75, 3.05) is 18.9 Å². The van der Waals surface area contributed by atoms with Gasteiger partial charge in [-0.1, -0.05) is 19.1 Å². The van der Waals surface area contributed by atoms with Crippen molar-refractivity contribution in [3.8, 4) is 0 Å². The fraction of sp³-hybridized carbons (Fsp3) is 0.267. The van der Waals surface area contributed by atoms with Gasteiger partial charge in [-0.05, 0) is 52.2 Å². The lowest BCUT2D eigenvalue weighted by Crippen LogP contribution is -2.34. The van der Waals surface area contributed by atoms with Crippen LogP contribution in [0.2, 0.25) is 0 Å². The summed E-state index contributed by atoms with van der Waals surface area (Å²) in [5.41, 5.74) is 1.77. The van der Waals surface area contributed by atoms with E-state index in [9.17, 15) is 13.2 Å². The van der Waals surface area contributed by atoms with E-state index < -0.39 is 10.0 Å². The van der Waals surface area contributed by atoms with Gasteiger partial charge < -0.3 is 5.32 Å². The third-order valence-corrected chi connectivity index (χ3v) is 7.09. The van der Waals surface area contributed by atoms with Gasteiger partial charge in [-0.2, -0.15) is 4.31 Å². The summed E-state index contributed by atoms with van der Waals surface area (Å²) >= 11 is 4.35. The van der Waals surface area contributed by atoms with Crippen molar-refractivity contribution in [3.05, 3.63) is 45.7 Å². The second kappa shape index (κ2) is 7.57. The summed E-state index contributed by atoms with van der Waals surface area (Å²) in [6.07, 6.45) is 0.866. The predicted molar refractivity (Wildman–Crippen MR) is 96.3 cm³/mol. The van der Waals surface area contributed by atoms with Crippen LogP contribution >= 0.6 is 27.3 Å². The quantitative estimate of drug-likeness (QED) is 0.784. The van der Waals surface area contributed by atoms with Crippen LogP contribution in [0.25, 0.3) is 0 Å². The lowest BCUT2D eigenvalue weighted by Gasteiger charge is -2.16. The van der Waals surface area contributed by atoms with Crippen LogP contribution < -0.4 is 5.32 Å². The van der Waals surface area contributed by atoms with Gasteiger partial charge in [-0.15, -0.1) is 11.3 Å². The van der Waals surface area contributed by atoms with E-state index in [2.05, 4.69) is 21.2 Å². The van der Waals surface area contributed by atoms with Gasteiger partial charge in [-0.25, -0.2) is 8.42 Å². The van der Waals surface area contributed by atoms with Crippen LogP contribution in [-0.4, -0.2) is 32.2 Å². The number of likely N-dealkylation sites (N-methyl/N-ethyl adjacent to an activating group) is 1. The normalized spacial score (nSPS) is 11.7. The zero-order chi connectivity index (χ0) is 17.0. The largest absolute Gasteiger partial charge is 0.325 e. The lowest BCUT2D eigenvalue weighted by atomic mass is 10.1. The molecule has 2 aromatic rings. The molecule has 23 heavy (non-hydrogen) atoms. The first kappa shape index (κ1) is 18.1. The molecule has 1 amide bonds. The maximum absolute atomic E-state index is 12.4. The number of hydrogen-bond donors (Lipinski definition) is 1. The van der Waals surface area contributed by atoms with Crippen molar-refractivity contribution in [2.24, 2.45) is 0 Å². The first-order chi connectivity index (χ1) is 10.8. The van der Waals surface area contributed by atoms with Crippen LogP contribution in [0.5, 0.6) is 0 Å². The summed E-state index contributed by atoms with van der Waals surface area (Å²) in [6, 6.07) is 10.7. The van der Waals surface area contributed by atoms with E-state index in [1.165, 1.54) is 13.1 Å². The summed E-state index contributed by atoms with van der Waals surface area (Å²) in [4.78, 5) is 12.1. The molecule has 0 atom stereocenters. The molecule has 124 valence electrons. The third-order valence-electron chi connectivity index (χ3n) is 3.20. The maximum Gasteiger partial charge on any atom is 0.252 e. The van der Waals surface area contributed by atoms with Crippen LogP contribution in [-0.2, 0) is 21.2 Å². The van der Waals surface area contributed by atoms with Gasteiger partial charge in [0, 0.05) is 12.7 Å². The average molecular weight is 417 g/mol. The Balaban J connectivity index is 2.04. The first-order valence-corrected chi connectivity index (χ1v) is 9.98. The monoisotopic (exact) mass is 416 g/mol. The Labute approximate surface area is 148 Å². The minimum absolute atomic E-state index is 0.202. The van der Waals surface area contributed by atoms with Crippen molar-refractivity contribution in [2.45, 2.75) is 17.6 Å². The molecule has 0 fully saturated rings. The first-order valence-electron chi connectivity index (χ1n) is 6.93. The Morgan fingerprint density at radius 3 is 2.65 bits per heavy atom. The topological polar surface area (TPSA) is 66.5 Å². The number of halogens is 1. The summed E-state index contributed by atoms with van der Waals surface area (Å²) < 4.78 is 26.7. The Kier molecular flexibility index (Phi) is 5.96. The highest BCUT2D eigenvalue weighted by atomic mass is 79.9. The molecule has 0 aliphatic heterocycles. The molecule has 0 bridgehead atoms. The van der Waals surface area contributed by atoms with Crippen molar-refractivity contribution >= 4 is 48.9 Å². The number of carbonyl (C=O) groups excluding carboxylic acids is 1. The van der Waals surface area contributed by atoms with Gasteiger partial charge in [0.1, 0.15) is 4.21 Å². The average Bonchev–Trinajstić information content (AvgIpc) is 2.94. The number of amides is 1. The Bertz CT molecular complexity index is 803. The molecule has 1 N–H and O–H groups in total. The Morgan fingerprint density at radius 2 is 2.04 bits per heavy atom. The number of anilines is 1. The number of nitrogens with one attached hydrogen (secondary N) is 1. The number of sulfonamides is 1. The summed E-state index contributed by atoms with van der Waals surface area (Å²) in [7, 11) is -2.26. The number of hydrogen-bond acceptors (Lipinski definition) is 4. The van der Waals surface area contributed by atoms with Crippen LogP contribution in [0.4, 0.5) is 5.69 Å². The van der Waals surface area contributed by atoms with Crippen molar-refractivity contribution in [1.29, 1.82) is 0 Å². The molecule has 1 aromatic heterocycles. The number of aryl methyl sites for hydroxylation is 1. The molecular weight excluding hydrogens is 400 g/mol. The summed E-state index contributed by atoms with van der Waals surface area (Å²) in [5, 5.41) is 2.73. The van der Waals surface area contributed by atoms with Gasteiger partial charge in [0.15, 0.2) is 0 Å². The van der Waals surface area contributed by atoms with E-state index in [0.717, 1.165) is 31.4 Å². The number of rotatable bonds is 6. The highest BCUT2D eigenvalue weighted by Gasteiger charge is 2.24. The molecule has 0 saturated heterocycles. The van der Waals surface area contributed by atoms with Gasteiger partial charge in [0.25, 0.3) is 10.0 Å². The molecule has 0 aliphatic carbocycles. The van der Waals surface area contributed by atoms with E-state index in [1.54, 1.807) is 12.1 Å². The standard InChI is InChI=1S/C15H17BrN2O3S2/c1-3-11-5-4-6-12(9-11)17-14(19)10-18(2)23(20,21)15-8-7-13(16)22-15/h4-9H,3,10H2,1-2H3,(H,17,19). The highest BCUT2D eigenvalue weighted by molar-refractivity contribution is 9.11. The molecule has 8 heteroatoms. The van der Waals surface area contributed by atoms with Crippen molar-refractivity contribution in [1.82, 2.24) is 4.31 Å². The molecule has 0 saturated carbocycles. The summed E-state index contributed by atoms with van der Waals surface area (Å²) in [6.45, 7) is 1.79. The van der Waals surface area contributed by atoms with E-state index in [-0.39, 0.29) is 16.7 Å². The molecule has 1 aromatic carbocycles. The fourth-order valence-corrected chi connectivity index (χ4v) is 5.29. The molecule has 2 rings (SSSR count). The maximum atomic E-state index is 12.4. The van der Waals surface area contributed by atoms with Crippen molar-refractivity contribution < 1.29 is 13.2 Å². The molecular formula is C15H17BrN2O3S2. The lowest BCUT2D eigenvalue weighted by molar-refractivity contribution is -0.116. The zero-order valence-corrected chi connectivity index (χ0v) is 16.0. The van der Waals surface area contributed by atoms with Gasteiger partial charge in [0.05, 0.1) is 10.3 Å². The van der Waals surface area contributed by atoms with E-state index in [0.29, 0.717) is 5.69 Å². The number of carbonyl (C=O) groups is 1.